The molecule has 0 saturated heterocycles. The smallest absolute Gasteiger partial charge is 0.288 e. The molecule has 0 radical (unpaired) electrons. The molecule has 0 aromatic heterocycles. The Balaban J connectivity index is 1.90. The van der Waals surface area contributed by atoms with Crippen molar-refractivity contribution in [3.63, 3.8) is 0 Å². The Morgan fingerprint density at radius 1 is 1.25 bits per heavy atom. The van der Waals surface area contributed by atoms with Crippen LogP contribution in [0.2, 0.25) is 0 Å². The van der Waals surface area contributed by atoms with E-state index in [1.807, 2.05) is 12.1 Å². The largest absolute Gasteiger partial charge is 0.382 e. The molecule has 1 N–H and O–H groups in total. The Hall–Kier alpha value is -0.770. The Morgan fingerprint density at radius 3 is 2.38 bits per heavy atom. The molecule has 1 aliphatic rings. The topological polar surface area (TPSA) is 12.0 Å². The Bertz CT molecular complexity index is 335. The average molecular weight is 243 g/mol. The summed E-state index contributed by atoms with van der Waals surface area (Å²) < 4.78 is 24.2. The molecule has 0 heterocycles. The van der Waals surface area contributed by atoms with E-state index >= 15 is 0 Å². The summed E-state index contributed by atoms with van der Waals surface area (Å²) in [5.74, 6) is -1.56. The fraction of sp³-hybridized carbons (Fsp3) is 0.500. The number of thioether (sulfide) groups is 1. The normalized spacial score (nSPS) is 17.5. The molecule has 1 aliphatic carbocycles. The van der Waals surface area contributed by atoms with Gasteiger partial charge < -0.3 is 5.32 Å². The van der Waals surface area contributed by atoms with Crippen molar-refractivity contribution < 1.29 is 8.78 Å². The summed E-state index contributed by atoms with van der Waals surface area (Å²) in [5, 5.41) is 3.39. The van der Waals surface area contributed by atoms with Gasteiger partial charge in [0.1, 0.15) is 0 Å². The second kappa shape index (κ2) is 5.04. The predicted molar refractivity (Wildman–Crippen MR) is 64.1 cm³/mol. The number of anilines is 1. The van der Waals surface area contributed by atoms with Gasteiger partial charge in [-0.1, -0.05) is 11.8 Å². The van der Waals surface area contributed by atoms with Crippen molar-refractivity contribution in [1.29, 1.82) is 0 Å². The molecule has 4 heteroatoms. The zero-order valence-corrected chi connectivity index (χ0v) is 9.94. The van der Waals surface area contributed by atoms with Gasteiger partial charge in [0.25, 0.3) is 5.76 Å². The molecular formula is C12H15F2NS. The summed E-state index contributed by atoms with van der Waals surface area (Å²) in [7, 11) is 0. The Kier molecular flexibility index (Phi) is 3.69. The lowest BCUT2D eigenvalue weighted by molar-refractivity contribution is 0.252. The van der Waals surface area contributed by atoms with Crippen molar-refractivity contribution in [2.24, 2.45) is 5.92 Å². The average Bonchev–Trinajstić information content (AvgIpc) is 3.03. The zero-order chi connectivity index (χ0) is 11.5. The summed E-state index contributed by atoms with van der Waals surface area (Å²) in [6.07, 6.45) is 2.60. The monoisotopic (exact) mass is 243 g/mol. The summed E-state index contributed by atoms with van der Waals surface area (Å²) in [4.78, 5) is 0.611. The first-order valence-corrected chi connectivity index (χ1v) is 6.34. The number of halogens is 2. The fourth-order valence-electron chi connectivity index (χ4n) is 1.71. The summed E-state index contributed by atoms with van der Waals surface area (Å²) in [6.45, 7) is 2.17. The van der Waals surface area contributed by atoms with E-state index in [1.165, 1.54) is 12.8 Å². The van der Waals surface area contributed by atoms with Gasteiger partial charge >= 0.3 is 0 Å². The number of nitrogens with one attached hydrogen (secondary N) is 1. The van der Waals surface area contributed by atoms with E-state index in [0.717, 1.165) is 11.6 Å². The van der Waals surface area contributed by atoms with Crippen LogP contribution in [-0.4, -0.2) is 11.8 Å². The molecule has 1 fully saturated rings. The van der Waals surface area contributed by atoms with Crippen LogP contribution in [0.15, 0.2) is 29.2 Å². The summed E-state index contributed by atoms with van der Waals surface area (Å²) in [5.41, 5.74) is 1.01. The number of rotatable bonds is 5. The highest BCUT2D eigenvalue weighted by molar-refractivity contribution is 7.99. The van der Waals surface area contributed by atoms with Crippen molar-refractivity contribution in [2.75, 3.05) is 5.32 Å². The van der Waals surface area contributed by atoms with E-state index in [-0.39, 0.29) is 0 Å². The van der Waals surface area contributed by atoms with E-state index in [9.17, 15) is 8.78 Å². The lowest BCUT2D eigenvalue weighted by Gasteiger charge is -2.14. The van der Waals surface area contributed by atoms with Gasteiger partial charge in [0.05, 0.1) is 0 Å². The maximum absolute atomic E-state index is 12.1. The highest BCUT2D eigenvalue weighted by Gasteiger charge is 2.27. The summed E-state index contributed by atoms with van der Waals surface area (Å²) >= 11 is 0.584. The van der Waals surface area contributed by atoms with E-state index in [4.69, 9.17) is 0 Å². The molecule has 0 aliphatic heterocycles. The van der Waals surface area contributed by atoms with Gasteiger partial charge in [0.15, 0.2) is 0 Å². The van der Waals surface area contributed by atoms with Crippen LogP contribution in [0.25, 0.3) is 0 Å². The molecule has 1 saturated carbocycles. The quantitative estimate of drug-likeness (QED) is 0.777. The van der Waals surface area contributed by atoms with Gasteiger partial charge in [0, 0.05) is 16.6 Å². The lowest BCUT2D eigenvalue weighted by Crippen LogP contribution is -2.16. The number of hydrogen-bond donors (Lipinski definition) is 1. The van der Waals surface area contributed by atoms with Gasteiger partial charge in [-0.2, -0.15) is 8.78 Å². The minimum atomic E-state index is -2.34. The van der Waals surface area contributed by atoms with Gasteiger partial charge in [-0.25, -0.2) is 0 Å². The van der Waals surface area contributed by atoms with Crippen LogP contribution in [-0.2, 0) is 0 Å². The third-order valence-corrected chi connectivity index (χ3v) is 3.53. The molecule has 1 aromatic rings. The van der Waals surface area contributed by atoms with Crippen molar-refractivity contribution in [3.8, 4) is 0 Å². The number of hydrogen-bond acceptors (Lipinski definition) is 2. The van der Waals surface area contributed by atoms with Gasteiger partial charge in [0.2, 0.25) is 0 Å². The Labute approximate surface area is 98.6 Å². The highest BCUT2D eigenvalue weighted by atomic mass is 32.2. The van der Waals surface area contributed by atoms with E-state index in [2.05, 4.69) is 12.2 Å². The third-order valence-electron chi connectivity index (χ3n) is 2.80. The molecule has 1 atom stereocenters. The minimum absolute atomic E-state index is 0.480. The number of benzene rings is 1. The molecule has 16 heavy (non-hydrogen) atoms. The molecule has 88 valence electrons. The molecule has 1 unspecified atom stereocenters. The second-order valence-corrected chi connectivity index (χ2v) is 5.24. The molecule has 1 aromatic carbocycles. The van der Waals surface area contributed by atoms with E-state index < -0.39 is 5.76 Å². The van der Waals surface area contributed by atoms with Gasteiger partial charge in [-0.05, 0) is 49.9 Å². The maximum Gasteiger partial charge on any atom is 0.288 e. The summed E-state index contributed by atoms with van der Waals surface area (Å²) in [6, 6.07) is 7.68. The molecule has 1 nitrogen and oxygen atoms in total. The molecule has 0 spiro atoms. The Morgan fingerprint density at radius 2 is 1.88 bits per heavy atom. The SMILES string of the molecule is CC(Nc1ccc(SC(F)F)cc1)C1CC1. The number of alkyl halides is 2. The standard InChI is InChI=1S/C12H15F2NS/c1-8(9-2-3-9)15-10-4-6-11(7-5-10)16-12(13)14/h4-9,12,15H,2-3H2,1H3. The fourth-order valence-corrected chi connectivity index (χ4v) is 2.21. The molecule has 0 bridgehead atoms. The van der Waals surface area contributed by atoms with E-state index in [1.54, 1.807) is 12.1 Å². The zero-order valence-electron chi connectivity index (χ0n) is 9.12. The van der Waals surface area contributed by atoms with Crippen LogP contribution in [0.1, 0.15) is 19.8 Å². The first-order valence-electron chi connectivity index (χ1n) is 5.46. The van der Waals surface area contributed by atoms with Crippen molar-refractivity contribution in [1.82, 2.24) is 0 Å². The molecular weight excluding hydrogens is 228 g/mol. The van der Waals surface area contributed by atoms with Crippen LogP contribution in [0, 0.1) is 5.92 Å². The van der Waals surface area contributed by atoms with Crippen LogP contribution >= 0.6 is 11.8 Å². The van der Waals surface area contributed by atoms with Crippen molar-refractivity contribution in [2.45, 2.75) is 36.5 Å². The van der Waals surface area contributed by atoms with Crippen LogP contribution in [0.4, 0.5) is 14.5 Å². The minimum Gasteiger partial charge on any atom is -0.382 e. The third kappa shape index (κ3) is 3.37. The van der Waals surface area contributed by atoms with Gasteiger partial charge in [-0.15, -0.1) is 0 Å². The predicted octanol–water partition coefficient (Wildman–Crippen LogP) is 4.21. The van der Waals surface area contributed by atoms with Crippen LogP contribution in [0.5, 0.6) is 0 Å². The first kappa shape index (κ1) is 11.7. The van der Waals surface area contributed by atoms with Crippen LogP contribution in [0.3, 0.4) is 0 Å². The lowest BCUT2D eigenvalue weighted by atomic mass is 10.2. The van der Waals surface area contributed by atoms with Gasteiger partial charge in [-0.3, -0.25) is 0 Å². The maximum atomic E-state index is 12.1. The highest BCUT2D eigenvalue weighted by Crippen LogP contribution is 2.34. The van der Waals surface area contributed by atoms with Crippen molar-refractivity contribution >= 4 is 17.4 Å². The first-order chi connectivity index (χ1) is 7.65. The van der Waals surface area contributed by atoms with E-state index in [0.29, 0.717) is 22.7 Å². The second-order valence-electron chi connectivity index (χ2n) is 4.17. The molecule has 0 amide bonds. The molecule has 2 rings (SSSR count). The van der Waals surface area contributed by atoms with Crippen molar-refractivity contribution in [3.05, 3.63) is 24.3 Å². The van der Waals surface area contributed by atoms with Crippen LogP contribution < -0.4 is 5.32 Å².